The van der Waals surface area contributed by atoms with Crippen LogP contribution >= 0.6 is 0 Å². The maximum atomic E-state index is 12.8. The zero-order valence-electron chi connectivity index (χ0n) is 12.5. The molecule has 0 spiro atoms. The van der Waals surface area contributed by atoms with Crippen LogP contribution in [-0.4, -0.2) is 19.5 Å². The van der Waals surface area contributed by atoms with Crippen molar-refractivity contribution in [1.82, 2.24) is 14.3 Å². The standard InChI is InChI=1S/C18H13N3O3/c22-15-11-10-12-6-4-5-9-14(12)16(15)21-18(24)20(17(23)19-21)13-7-2-1-3-8-13/h1-11,22H,(H,19,23). The molecule has 1 aromatic heterocycles. The van der Waals surface area contributed by atoms with Gasteiger partial charge in [-0.2, -0.15) is 4.68 Å². The summed E-state index contributed by atoms with van der Waals surface area (Å²) in [5.41, 5.74) is -0.427. The van der Waals surface area contributed by atoms with Gasteiger partial charge in [0.05, 0.1) is 5.69 Å². The molecule has 4 rings (SSSR count). The summed E-state index contributed by atoms with van der Waals surface area (Å²) in [6.07, 6.45) is 0. The quantitative estimate of drug-likeness (QED) is 0.594. The van der Waals surface area contributed by atoms with Crippen molar-refractivity contribution in [2.24, 2.45) is 0 Å². The van der Waals surface area contributed by atoms with E-state index in [9.17, 15) is 14.7 Å². The van der Waals surface area contributed by atoms with Crippen molar-refractivity contribution in [2.75, 3.05) is 0 Å². The van der Waals surface area contributed by atoms with Gasteiger partial charge < -0.3 is 5.11 Å². The zero-order valence-corrected chi connectivity index (χ0v) is 12.5. The second kappa shape index (κ2) is 5.27. The van der Waals surface area contributed by atoms with Crippen LogP contribution in [-0.2, 0) is 0 Å². The third-order valence-electron chi connectivity index (χ3n) is 3.91. The number of aromatic amines is 1. The lowest BCUT2D eigenvalue weighted by molar-refractivity contribution is 0.470. The molecule has 0 saturated carbocycles. The summed E-state index contributed by atoms with van der Waals surface area (Å²) < 4.78 is 2.11. The van der Waals surface area contributed by atoms with Crippen LogP contribution in [0.3, 0.4) is 0 Å². The van der Waals surface area contributed by atoms with Crippen molar-refractivity contribution in [3.8, 4) is 17.1 Å². The fourth-order valence-corrected chi connectivity index (χ4v) is 2.82. The molecule has 0 aliphatic carbocycles. The molecule has 0 bridgehead atoms. The second-order valence-corrected chi connectivity index (χ2v) is 5.36. The fraction of sp³-hybridized carbons (Fsp3) is 0. The molecular formula is C18H13N3O3. The molecule has 2 N–H and O–H groups in total. The van der Waals surface area contributed by atoms with Crippen LogP contribution in [0, 0.1) is 0 Å². The van der Waals surface area contributed by atoms with E-state index >= 15 is 0 Å². The monoisotopic (exact) mass is 319 g/mol. The van der Waals surface area contributed by atoms with Crippen LogP contribution in [0.15, 0.2) is 76.3 Å². The molecule has 118 valence electrons. The van der Waals surface area contributed by atoms with Crippen LogP contribution < -0.4 is 11.4 Å². The maximum Gasteiger partial charge on any atom is 0.356 e. The highest BCUT2D eigenvalue weighted by molar-refractivity contribution is 5.92. The van der Waals surface area contributed by atoms with E-state index in [4.69, 9.17) is 0 Å². The number of hydrogen-bond donors (Lipinski definition) is 2. The molecule has 0 aliphatic heterocycles. The number of fused-ring (bicyclic) bond motifs is 1. The van der Waals surface area contributed by atoms with Gasteiger partial charge in [-0.1, -0.05) is 48.5 Å². The largest absolute Gasteiger partial charge is 0.506 e. The van der Waals surface area contributed by atoms with E-state index in [0.29, 0.717) is 11.1 Å². The molecule has 0 radical (unpaired) electrons. The van der Waals surface area contributed by atoms with Gasteiger partial charge in [0.2, 0.25) is 0 Å². The van der Waals surface area contributed by atoms with Gasteiger partial charge in [0.25, 0.3) is 0 Å². The van der Waals surface area contributed by atoms with Gasteiger partial charge in [-0.05, 0) is 23.6 Å². The topological polar surface area (TPSA) is 80.0 Å². The number of aromatic nitrogens is 3. The van der Waals surface area contributed by atoms with Gasteiger partial charge in [0, 0.05) is 5.39 Å². The van der Waals surface area contributed by atoms with Crippen molar-refractivity contribution >= 4 is 10.8 Å². The number of para-hydroxylation sites is 1. The third-order valence-corrected chi connectivity index (χ3v) is 3.91. The van der Waals surface area contributed by atoms with Gasteiger partial charge in [-0.3, -0.25) is 0 Å². The molecule has 6 heteroatoms. The molecule has 0 fully saturated rings. The Bertz CT molecular complexity index is 1150. The first-order chi connectivity index (χ1) is 11.7. The highest BCUT2D eigenvalue weighted by atomic mass is 16.3. The number of phenols is 1. The Hall–Kier alpha value is -3.54. The Labute approximate surface area is 135 Å². The molecule has 0 unspecified atom stereocenters. The number of hydrogen-bond acceptors (Lipinski definition) is 3. The average molecular weight is 319 g/mol. The lowest BCUT2D eigenvalue weighted by Gasteiger charge is -2.08. The summed E-state index contributed by atoms with van der Waals surface area (Å²) in [4.78, 5) is 25.1. The van der Waals surface area contributed by atoms with Gasteiger partial charge in [0.1, 0.15) is 11.4 Å². The van der Waals surface area contributed by atoms with Crippen LogP contribution in [0.5, 0.6) is 5.75 Å². The molecule has 4 aromatic rings. The molecule has 1 heterocycles. The zero-order chi connectivity index (χ0) is 16.7. The van der Waals surface area contributed by atoms with Crippen molar-refractivity contribution < 1.29 is 5.11 Å². The summed E-state index contributed by atoms with van der Waals surface area (Å²) in [6.45, 7) is 0. The first-order valence-corrected chi connectivity index (χ1v) is 7.37. The normalized spacial score (nSPS) is 11.0. The summed E-state index contributed by atoms with van der Waals surface area (Å²) in [5, 5.41) is 14.3. The molecule has 0 atom stereocenters. The average Bonchev–Trinajstić information content (AvgIpc) is 2.90. The van der Waals surface area contributed by atoms with E-state index in [1.807, 2.05) is 18.2 Å². The molecule has 6 nitrogen and oxygen atoms in total. The van der Waals surface area contributed by atoms with E-state index in [0.717, 1.165) is 14.6 Å². The first kappa shape index (κ1) is 14.1. The van der Waals surface area contributed by atoms with Gasteiger partial charge in [0.15, 0.2) is 0 Å². The summed E-state index contributed by atoms with van der Waals surface area (Å²) in [7, 11) is 0. The van der Waals surface area contributed by atoms with E-state index in [1.165, 1.54) is 6.07 Å². The number of phenolic OH excluding ortho intramolecular Hbond substituents is 1. The van der Waals surface area contributed by atoms with Crippen molar-refractivity contribution in [2.45, 2.75) is 0 Å². The number of nitrogens with zero attached hydrogens (tertiary/aromatic N) is 2. The predicted molar refractivity (Wildman–Crippen MR) is 91.2 cm³/mol. The molecule has 24 heavy (non-hydrogen) atoms. The van der Waals surface area contributed by atoms with E-state index in [-0.39, 0.29) is 11.4 Å². The molecule has 3 aromatic carbocycles. The number of benzene rings is 3. The fourth-order valence-electron chi connectivity index (χ4n) is 2.82. The highest BCUT2D eigenvalue weighted by Gasteiger charge is 2.17. The van der Waals surface area contributed by atoms with E-state index in [1.54, 1.807) is 42.5 Å². The van der Waals surface area contributed by atoms with Crippen molar-refractivity contribution in [3.05, 3.63) is 87.7 Å². The predicted octanol–water partition coefficient (Wildman–Crippen LogP) is 2.18. The highest BCUT2D eigenvalue weighted by Crippen LogP contribution is 2.29. The molecule has 0 saturated heterocycles. The summed E-state index contributed by atoms with van der Waals surface area (Å²) >= 11 is 0. The number of nitrogens with one attached hydrogen (secondary N) is 1. The smallest absolute Gasteiger partial charge is 0.356 e. The Kier molecular flexibility index (Phi) is 3.09. The Morgan fingerprint density at radius 1 is 0.833 bits per heavy atom. The lowest BCUT2D eigenvalue weighted by atomic mass is 10.1. The minimum Gasteiger partial charge on any atom is -0.506 e. The lowest BCUT2D eigenvalue weighted by Crippen LogP contribution is -2.26. The number of H-pyrrole nitrogens is 1. The van der Waals surface area contributed by atoms with Gasteiger partial charge in [-0.15, -0.1) is 0 Å². The van der Waals surface area contributed by atoms with Gasteiger partial charge in [-0.25, -0.2) is 19.3 Å². The third kappa shape index (κ3) is 2.04. The maximum absolute atomic E-state index is 12.8. The van der Waals surface area contributed by atoms with E-state index in [2.05, 4.69) is 5.10 Å². The number of aromatic hydroxyl groups is 1. The van der Waals surface area contributed by atoms with Crippen LogP contribution in [0.4, 0.5) is 0 Å². The molecule has 0 amide bonds. The minimum atomic E-state index is -0.571. The number of rotatable bonds is 2. The Morgan fingerprint density at radius 3 is 2.33 bits per heavy atom. The van der Waals surface area contributed by atoms with Crippen LogP contribution in [0.2, 0.25) is 0 Å². The summed E-state index contributed by atoms with van der Waals surface area (Å²) in [5.74, 6) is -0.0859. The molecule has 0 aliphatic rings. The van der Waals surface area contributed by atoms with Crippen molar-refractivity contribution in [1.29, 1.82) is 0 Å². The summed E-state index contributed by atoms with van der Waals surface area (Å²) in [6, 6.07) is 19.2. The Balaban J connectivity index is 2.06. The second-order valence-electron chi connectivity index (χ2n) is 5.36. The minimum absolute atomic E-state index is 0.0859. The Morgan fingerprint density at radius 2 is 1.54 bits per heavy atom. The van der Waals surface area contributed by atoms with Gasteiger partial charge >= 0.3 is 11.4 Å². The molecular weight excluding hydrogens is 306 g/mol. The van der Waals surface area contributed by atoms with Crippen LogP contribution in [0.1, 0.15) is 0 Å². The van der Waals surface area contributed by atoms with Crippen LogP contribution in [0.25, 0.3) is 22.1 Å². The van der Waals surface area contributed by atoms with Crippen molar-refractivity contribution in [3.63, 3.8) is 0 Å². The SMILES string of the molecule is O=c1[nH]n(-c2c(O)ccc3ccccc23)c(=O)n1-c1ccccc1. The van der Waals surface area contributed by atoms with E-state index < -0.39 is 11.4 Å². The first-order valence-electron chi connectivity index (χ1n) is 7.37.